The lowest BCUT2D eigenvalue weighted by atomic mass is 10.0. The summed E-state index contributed by atoms with van der Waals surface area (Å²) in [6.45, 7) is 10.9. The highest BCUT2D eigenvalue weighted by Gasteiger charge is 2.36. The van der Waals surface area contributed by atoms with E-state index in [9.17, 15) is 18.4 Å². The van der Waals surface area contributed by atoms with Crippen LogP contribution in [-0.2, 0) is 32.1 Å². The van der Waals surface area contributed by atoms with Crippen LogP contribution in [0.15, 0.2) is 48.5 Å². The number of nitrogens with one attached hydrogen (secondary N) is 1. The number of rotatable bonds is 8. The van der Waals surface area contributed by atoms with Crippen LogP contribution in [0.4, 0.5) is 5.69 Å². The van der Waals surface area contributed by atoms with Gasteiger partial charge in [0, 0.05) is 13.5 Å². The van der Waals surface area contributed by atoms with E-state index in [4.69, 9.17) is 4.74 Å². The Bertz CT molecular complexity index is 950. The lowest BCUT2D eigenvalue weighted by molar-refractivity contribution is -0.157. The normalized spacial score (nSPS) is 13.4. The minimum atomic E-state index is -2.42. The van der Waals surface area contributed by atoms with Crippen LogP contribution in [0.3, 0.4) is 0 Å². The van der Waals surface area contributed by atoms with Gasteiger partial charge in [0.05, 0.1) is 5.69 Å². The number of esters is 1. The average molecular weight is 461 g/mol. The monoisotopic (exact) mass is 460 g/mol. The van der Waals surface area contributed by atoms with E-state index in [-0.39, 0.29) is 11.8 Å². The maximum absolute atomic E-state index is 12.8. The second-order valence-corrected chi connectivity index (χ2v) is 9.79. The van der Waals surface area contributed by atoms with Gasteiger partial charge in [0.15, 0.2) is 0 Å². The van der Waals surface area contributed by atoms with Crippen molar-refractivity contribution in [3.8, 4) is 11.1 Å². The third-order valence-corrected chi connectivity index (χ3v) is 5.43. The predicted octanol–water partition coefficient (Wildman–Crippen LogP) is 4.30. The second kappa shape index (κ2) is 10.7. The van der Waals surface area contributed by atoms with Crippen LogP contribution in [-0.4, -0.2) is 32.3 Å². The summed E-state index contributed by atoms with van der Waals surface area (Å²) < 4.78 is 28.9. The number of amides is 1. The molecule has 0 radical (unpaired) electrons. The number of benzene rings is 2. The molecule has 2 aromatic carbocycles. The summed E-state index contributed by atoms with van der Waals surface area (Å²) in [4.78, 5) is 23.9. The molecule has 0 aliphatic carbocycles. The molecule has 8 heteroatoms. The molecular weight excluding hydrogens is 428 g/mol. The van der Waals surface area contributed by atoms with Crippen molar-refractivity contribution in [3.05, 3.63) is 54.1 Å². The van der Waals surface area contributed by atoms with E-state index in [2.05, 4.69) is 5.32 Å². The van der Waals surface area contributed by atoms with E-state index in [1.165, 1.54) is 11.2 Å². The molecule has 0 spiro atoms. The summed E-state index contributed by atoms with van der Waals surface area (Å²) in [5.41, 5.74) is 2.61. The molecule has 2 atom stereocenters. The Morgan fingerprint density at radius 2 is 1.53 bits per heavy atom. The summed E-state index contributed by atoms with van der Waals surface area (Å²) in [5.74, 6) is -0.882. The van der Waals surface area contributed by atoms with Gasteiger partial charge in [-0.3, -0.25) is 13.7 Å². The number of anilines is 1. The van der Waals surface area contributed by atoms with Crippen molar-refractivity contribution in [1.82, 2.24) is 5.32 Å². The maximum atomic E-state index is 12.8. The van der Waals surface area contributed by atoms with Crippen molar-refractivity contribution in [2.24, 2.45) is 5.92 Å². The largest absolute Gasteiger partial charge is 0.458 e. The first-order valence-corrected chi connectivity index (χ1v) is 11.5. The zero-order valence-electron chi connectivity index (χ0n) is 19.4. The Morgan fingerprint density at radius 1 is 1.03 bits per heavy atom. The van der Waals surface area contributed by atoms with Gasteiger partial charge in [0.1, 0.15) is 11.6 Å². The quantitative estimate of drug-likeness (QED) is 0.452. The lowest BCUT2D eigenvalue weighted by Gasteiger charge is -2.33. The molecule has 2 aromatic rings. The van der Waals surface area contributed by atoms with Crippen molar-refractivity contribution in [3.63, 3.8) is 0 Å². The van der Waals surface area contributed by atoms with Crippen molar-refractivity contribution < 1.29 is 23.1 Å². The van der Waals surface area contributed by atoms with Crippen LogP contribution in [0, 0.1) is 5.92 Å². The van der Waals surface area contributed by atoms with Crippen LogP contribution in [0.2, 0.25) is 0 Å². The molecule has 0 aliphatic rings. The van der Waals surface area contributed by atoms with E-state index in [1.54, 1.807) is 32.9 Å². The van der Waals surface area contributed by atoms with Crippen LogP contribution in [0.1, 0.15) is 47.1 Å². The molecule has 1 amide bonds. The van der Waals surface area contributed by atoms with Crippen molar-refractivity contribution in [2.45, 2.75) is 59.7 Å². The summed E-state index contributed by atoms with van der Waals surface area (Å²) in [7, 11) is 0. The highest BCUT2D eigenvalue weighted by molar-refractivity contribution is 7.80. The van der Waals surface area contributed by atoms with Gasteiger partial charge in [-0.05, 0) is 55.5 Å². The first-order chi connectivity index (χ1) is 14.9. The minimum Gasteiger partial charge on any atom is -0.458 e. The van der Waals surface area contributed by atoms with Gasteiger partial charge in [-0.1, -0.05) is 50.2 Å². The van der Waals surface area contributed by atoms with Gasteiger partial charge in [-0.15, -0.1) is 0 Å². The molecule has 0 aliphatic heterocycles. The number of hydrogen-bond donors (Lipinski definition) is 2. The molecule has 0 fully saturated rings. The summed E-state index contributed by atoms with van der Waals surface area (Å²) >= 11 is -2.42. The Labute approximate surface area is 192 Å². The smallest absolute Gasteiger partial charge is 0.330 e. The fourth-order valence-electron chi connectivity index (χ4n) is 3.19. The van der Waals surface area contributed by atoms with E-state index < -0.39 is 28.9 Å². The molecule has 174 valence electrons. The van der Waals surface area contributed by atoms with Crippen LogP contribution in [0.25, 0.3) is 11.1 Å². The van der Waals surface area contributed by atoms with Gasteiger partial charge < -0.3 is 10.1 Å². The highest BCUT2D eigenvalue weighted by Crippen LogP contribution is 2.28. The van der Waals surface area contributed by atoms with Gasteiger partial charge in [-0.2, -0.15) is 0 Å². The molecule has 2 rings (SSSR count). The third-order valence-electron chi connectivity index (χ3n) is 4.65. The molecule has 0 bridgehead atoms. The number of hydrogen-bond acceptors (Lipinski definition) is 4. The molecule has 0 heterocycles. The van der Waals surface area contributed by atoms with E-state index in [0.717, 1.165) is 16.7 Å². The predicted molar refractivity (Wildman–Crippen MR) is 127 cm³/mol. The Balaban J connectivity index is 2.28. The Hall–Kier alpha value is -2.71. The molecule has 0 saturated heterocycles. The SMILES string of the molecule is CC(=O)NCc1ccc(-c2ccc(N(C(C(=O)OC(C)(C)C)C(C)C)S(=O)O)cc2)cc1. The molecule has 2 N–H and O–H groups in total. The van der Waals surface area contributed by atoms with Gasteiger partial charge in [0.25, 0.3) is 11.3 Å². The lowest BCUT2D eigenvalue weighted by Crippen LogP contribution is -2.48. The molecule has 2 unspecified atom stereocenters. The topological polar surface area (TPSA) is 95.9 Å². The van der Waals surface area contributed by atoms with Gasteiger partial charge in [-0.25, -0.2) is 9.00 Å². The maximum Gasteiger partial charge on any atom is 0.330 e. The third kappa shape index (κ3) is 7.17. The fourth-order valence-corrected chi connectivity index (χ4v) is 4.02. The molecule has 0 saturated carbocycles. The van der Waals surface area contributed by atoms with Crippen LogP contribution in [0.5, 0.6) is 0 Å². The fraction of sp³-hybridized carbons (Fsp3) is 0.417. The Kier molecular flexibility index (Phi) is 8.58. The van der Waals surface area contributed by atoms with Crippen molar-refractivity contribution in [1.29, 1.82) is 0 Å². The van der Waals surface area contributed by atoms with E-state index in [1.807, 2.05) is 50.2 Å². The summed E-state index contributed by atoms with van der Waals surface area (Å²) in [5, 5.41) is 2.76. The first-order valence-electron chi connectivity index (χ1n) is 10.5. The summed E-state index contributed by atoms with van der Waals surface area (Å²) in [6.07, 6.45) is 0. The van der Waals surface area contributed by atoms with Crippen LogP contribution >= 0.6 is 0 Å². The van der Waals surface area contributed by atoms with E-state index in [0.29, 0.717) is 12.2 Å². The Morgan fingerprint density at radius 3 is 1.94 bits per heavy atom. The van der Waals surface area contributed by atoms with Crippen molar-refractivity contribution >= 4 is 28.8 Å². The zero-order valence-corrected chi connectivity index (χ0v) is 20.2. The molecule has 0 aromatic heterocycles. The van der Waals surface area contributed by atoms with Gasteiger partial charge >= 0.3 is 5.97 Å². The molecule has 32 heavy (non-hydrogen) atoms. The van der Waals surface area contributed by atoms with E-state index >= 15 is 0 Å². The van der Waals surface area contributed by atoms with Gasteiger partial charge in [0.2, 0.25) is 5.91 Å². The number of nitrogens with zero attached hydrogens (tertiary/aromatic N) is 1. The number of carbonyl (C=O) groups excluding carboxylic acids is 2. The number of carbonyl (C=O) groups is 2. The molecule has 7 nitrogen and oxygen atoms in total. The van der Waals surface area contributed by atoms with Crippen molar-refractivity contribution in [2.75, 3.05) is 4.31 Å². The van der Waals surface area contributed by atoms with Crippen LogP contribution < -0.4 is 9.62 Å². The zero-order chi connectivity index (χ0) is 24.1. The number of ether oxygens (including phenoxy) is 1. The first kappa shape index (κ1) is 25.5. The molecular formula is C24H32N2O5S. The highest BCUT2D eigenvalue weighted by atomic mass is 32.2. The second-order valence-electron chi connectivity index (χ2n) is 8.93. The minimum absolute atomic E-state index is 0.0819. The summed E-state index contributed by atoms with van der Waals surface area (Å²) in [6, 6.07) is 14.0. The average Bonchev–Trinajstić information content (AvgIpc) is 2.69. The standard InChI is InChI=1S/C24H32N2O5S/c1-16(2)22(23(28)31-24(4,5)6)26(32(29)30)21-13-11-20(12-14-21)19-9-7-18(8-10-19)15-25-17(3)27/h7-14,16,22H,15H2,1-6H3,(H,25,27)(H,29,30).